The van der Waals surface area contributed by atoms with Crippen LogP contribution in [0.5, 0.6) is 0 Å². The average molecular weight is 1050 g/mol. The third kappa shape index (κ3) is 11.8. The van der Waals surface area contributed by atoms with E-state index in [1.54, 1.807) is 48.5 Å². The number of rotatable bonds is 28. The van der Waals surface area contributed by atoms with Crippen LogP contribution in [0.15, 0.2) is 109 Å². The smallest absolute Gasteiger partial charge is 0.196 e. The Morgan fingerprint density at radius 2 is 0.833 bits per heavy atom. The number of carbonyl (C=O) groups excluding carboxylic acids is 4. The number of carbonyl (C=O) groups is 4. The van der Waals surface area contributed by atoms with Crippen molar-refractivity contribution in [1.82, 2.24) is 19.6 Å². The molecule has 0 atom stereocenters. The van der Waals surface area contributed by atoms with Crippen LogP contribution in [0.1, 0.15) is 139 Å². The number of quaternary nitrogens is 1. The number of benzene rings is 6. The Balaban J connectivity index is 1.26. The number of nitrogens with zero attached hydrogens (tertiary/aromatic N) is 4. The van der Waals surface area contributed by atoms with Crippen molar-refractivity contribution in [3.63, 3.8) is 0 Å². The zero-order valence-electron chi connectivity index (χ0n) is 47.6. The number of hydrogen-bond acceptors (Lipinski definition) is 12. The molecule has 6 aromatic carbocycles. The van der Waals surface area contributed by atoms with Crippen molar-refractivity contribution in [3.8, 4) is 11.1 Å². The molecular formula is C65H82N9O4+. The predicted molar refractivity (Wildman–Crippen MR) is 325 cm³/mol. The molecule has 0 bridgehead atoms. The lowest BCUT2D eigenvalue weighted by Crippen LogP contribution is -2.54. The van der Waals surface area contributed by atoms with Gasteiger partial charge < -0.3 is 36.0 Å². The van der Waals surface area contributed by atoms with E-state index in [1.807, 2.05) is 36.4 Å². The van der Waals surface area contributed by atoms with Crippen LogP contribution in [0.25, 0.3) is 11.1 Å². The fourth-order valence-electron chi connectivity index (χ4n) is 11.4. The summed E-state index contributed by atoms with van der Waals surface area (Å²) in [7, 11) is 0. The zero-order chi connectivity index (χ0) is 55.5. The minimum atomic E-state index is -0.337. The van der Waals surface area contributed by atoms with Gasteiger partial charge in [-0.15, -0.1) is 0 Å². The van der Waals surface area contributed by atoms with Crippen molar-refractivity contribution in [2.75, 3.05) is 118 Å². The summed E-state index contributed by atoms with van der Waals surface area (Å²) in [5.41, 5.74) is 9.24. The summed E-state index contributed by atoms with van der Waals surface area (Å²) in [5, 5.41) is 18.2. The number of nitrogens with one attached hydrogen (secondary N) is 5. The maximum Gasteiger partial charge on any atom is 0.196 e. The van der Waals surface area contributed by atoms with Gasteiger partial charge in [-0.2, -0.15) is 0 Å². The molecule has 8 rings (SSSR count). The molecule has 0 aliphatic heterocycles. The number of ketones is 4. The number of anilines is 7. The minimum Gasteiger partial charge on any atom is -0.385 e. The van der Waals surface area contributed by atoms with Gasteiger partial charge in [0.05, 0.1) is 35.6 Å². The van der Waals surface area contributed by atoms with Crippen LogP contribution in [0.3, 0.4) is 0 Å². The summed E-state index contributed by atoms with van der Waals surface area (Å²) >= 11 is 0. The second-order valence-corrected chi connectivity index (χ2v) is 20.3. The number of hydrogen-bond donors (Lipinski definition) is 5. The Bertz CT molecular complexity index is 3100. The zero-order valence-corrected chi connectivity index (χ0v) is 47.6. The lowest BCUT2D eigenvalue weighted by molar-refractivity contribution is 0.0978. The van der Waals surface area contributed by atoms with E-state index >= 15 is 19.2 Å². The van der Waals surface area contributed by atoms with Gasteiger partial charge in [0.25, 0.3) is 0 Å². The molecule has 0 unspecified atom stereocenters. The molecular weight excluding hydrogens is 971 g/mol. The summed E-state index contributed by atoms with van der Waals surface area (Å²) < 4.78 is 0.695. The van der Waals surface area contributed by atoms with Crippen molar-refractivity contribution in [3.05, 3.63) is 154 Å². The normalized spacial score (nSPS) is 12.9. The Morgan fingerprint density at radius 1 is 0.423 bits per heavy atom. The maximum absolute atomic E-state index is 15.3. The van der Waals surface area contributed by atoms with Gasteiger partial charge in [0.2, 0.25) is 0 Å². The Morgan fingerprint density at radius 3 is 1.23 bits per heavy atom. The van der Waals surface area contributed by atoms with Crippen molar-refractivity contribution in [1.29, 1.82) is 0 Å². The first kappa shape index (κ1) is 57.0. The second-order valence-electron chi connectivity index (χ2n) is 20.3. The summed E-state index contributed by atoms with van der Waals surface area (Å²) in [5.74, 6) is -1.28. The van der Waals surface area contributed by atoms with Crippen LogP contribution in [-0.4, -0.2) is 125 Å². The summed E-state index contributed by atoms with van der Waals surface area (Å²) in [4.78, 5) is 67.9. The molecule has 6 aromatic rings. The Hall–Kier alpha value is -7.16. The Labute approximate surface area is 463 Å². The van der Waals surface area contributed by atoms with Gasteiger partial charge in [0, 0.05) is 100 Å². The monoisotopic (exact) mass is 1050 g/mol. The predicted octanol–water partition coefficient (Wildman–Crippen LogP) is 12.4. The molecule has 13 nitrogen and oxygen atoms in total. The van der Waals surface area contributed by atoms with Crippen molar-refractivity contribution in [2.45, 2.75) is 75.2 Å². The van der Waals surface area contributed by atoms with E-state index in [2.05, 4.69) is 128 Å². The first-order valence-electron chi connectivity index (χ1n) is 28.7. The lowest BCUT2D eigenvalue weighted by atomic mass is 9.75. The van der Waals surface area contributed by atoms with Gasteiger partial charge in [-0.05, 0) is 134 Å². The molecule has 5 N–H and O–H groups in total. The van der Waals surface area contributed by atoms with Gasteiger partial charge >= 0.3 is 0 Å². The van der Waals surface area contributed by atoms with Gasteiger partial charge in [-0.1, -0.05) is 95.3 Å². The summed E-state index contributed by atoms with van der Waals surface area (Å²) in [6, 6.07) is 33.9. The van der Waals surface area contributed by atoms with Gasteiger partial charge in [0.1, 0.15) is 12.4 Å². The molecule has 2 aliphatic rings. The van der Waals surface area contributed by atoms with Gasteiger partial charge in [-0.3, -0.25) is 29.0 Å². The van der Waals surface area contributed by atoms with E-state index in [0.29, 0.717) is 38.1 Å². The highest BCUT2D eigenvalue weighted by Gasteiger charge is 2.39. The molecule has 0 spiro atoms. The summed E-state index contributed by atoms with van der Waals surface area (Å²) in [6.07, 6.45) is 1.94. The molecule has 410 valence electrons. The maximum atomic E-state index is 15.3. The molecule has 0 aromatic heterocycles. The van der Waals surface area contributed by atoms with Crippen molar-refractivity contribution >= 4 is 68.6 Å². The molecule has 0 heterocycles. The molecule has 78 heavy (non-hydrogen) atoms. The fraction of sp³-hybridized carbons (Fsp3) is 0.385. The Kier molecular flexibility index (Phi) is 19.0. The molecule has 0 amide bonds. The van der Waals surface area contributed by atoms with E-state index in [9.17, 15) is 0 Å². The van der Waals surface area contributed by atoms with Crippen LogP contribution in [-0.2, 0) is 0 Å². The molecule has 13 heteroatoms. The lowest BCUT2D eigenvalue weighted by Gasteiger charge is -2.37. The molecule has 0 radical (unpaired) electrons. The SMILES string of the molecule is CCNC[N+](CC)(CC)c1cc(Nc2ccc(-c3ccc(Nc4cc(NCCCN(CC)CC)cc(NCCCN(CC)CC)c4)c4c3C(=O)c3ccccc3C4=O)c3c2C(=O)c2ccccc2C3=O)cc(N(CC)CC)c1. The van der Waals surface area contributed by atoms with Crippen molar-refractivity contribution < 1.29 is 19.2 Å². The van der Waals surface area contributed by atoms with E-state index in [1.165, 1.54) is 0 Å². The largest absolute Gasteiger partial charge is 0.385 e. The minimum absolute atomic E-state index is 0.177. The van der Waals surface area contributed by atoms with Crippen LogP contribution in [0, 0.1) is 0 Å². The second kappa shape index (κ2) is 26.0. The molecule has 0 saturated heterocycles. The number of fused-ring (bicyclic) bond motifs is 4. The quantitative estimate of drug-likeness (QED) is 0.0181. The average Bonchev–Trinajstić information content (AvgIpc) is 3.59. The molecule has 2 aliphatic carbocycles. The highest BCUT2D eigenvalue weighted by Crippen LogP contribution is 2.45. The van der Waals surface area contributed by atoms with Gasteiger partial charge in [0.15, 0.2) is 23.1 Å². The molecule has 0 fully saturated rings. The first-order valence-corrected chi connectivity index (χ1v) is 28.7. The third-order valence-corrected chi connectivity index (χ3v) is 16.1. The van der Waals surface area contributed by atoms with Crippen LogP contribution in [0.2, 0.25) is 0 Å². The van der Waals surface area contributed by atoms with Gasteiger partial charge in [-0.25, -0.2) is 0 Å². The van der Waals surface area contributed by atoms with Crippen molar-refractivity contribution in [2.24, 2.45) is 0 Å². The highest BCUT2D eigenvalue weighted by molar-refractivity contribution is 6.35. The fourth-order valence-corrected chi connectivity index (χ4v) is 11.4. The third-order valence-electron chi connectivity index (χ3n) is 16.1. The molecule has 0 saturated carbocycles. The summed E-state index contributed by atoms with van der Waals surface area (Å²) in [6.45, 7) is 32.0. The van der Waals surface area contributed by atoms with E-state index in [0.717, 1.165) is 139 Å². The first-order chi connectivity index (χ1) is 37.9. The van der Waals surface area contributed by atoms with E-state index < -0.39 is 0 Å². The van der Waals surface area contributed by atoms with Crippen LogP contribution < -0.4 is 36.0 Å². The standard InChI is InChI=1S/C65H81N9O4/c1-10-66-43-74(17-8,18-9)49-41-47(40-48(42-49)73(15-6)16-7)70-57-32-30-51(59-61(57)65(78)55-28-22-20-26-53(55)63(59)76)50-29-31-56(60-58(50)62(75)52-25-19-21-27-54(52)64(60)77)69-46-38-44(67-33-23-35-71(11-2)12-3)37-45(39-46)68-34-24-36-72(13-4)14-5/h19-22,25-32,37-42,66-68H,10-18,23-24,33-36,43H2,1-9H3,(H-,69,70,75,76,77,78)/p+1. The van der Waals surface area contributed by atoms with E-state index in [4.69, 9.17) is 0 Å². The van der Waals surface area contributed by atoms with E-state index in [-0.39, 0.29) is 56.5 Å². The van der Waals surface area contributed by atoms with Crippen LogP contribution in [0.4, 0.5) is 45.5 Å². The highest BCUT2D eigenvalue weighted by atomic mass is 16.1. The van der Waals surface area contributed by atoms with Crippen LogP contribution >= 0.6 is 0 Å². The topological polar surface area (TPSA) is 138 Å².